The van der Waals surface area contributed by atoms with Gasteiger partial charge in [-0.05, 0) is 30.5 Å². The second-order valence-electron chi connectivity index (χ2n) is 7.27. The monoisotopic (exact) mass is 347 g/mol. The summed E-state index contributed by atoms with van der Waals surface area (Å²) in [6, 6.07) is 8.50. The van der Waals surface area contributed by atoms with Crippen LogP contribution >= 0.6 is 0 Å². The fourth-order valence-electron chi connectivity index (χ4n) is 3.28. The molecule has 0 saturated carbocycles. The van der Waals surface area contributed by atoms with Crippen LogP contribution in [0.2, 0.25) is 0 Å². The number of hydrogen-bond donors (Lipinski definition) is 1. The van der Waals surface area contributed by atoms with E-state index in [1.807, 2.05) is 0 Å². The summed E-state index contributed by atoms with van der Waals surface area (Å²) < 4.78 is 5.51. The maximum absolute atomic E-state index is 5.51. The highest BCUT2D eigenvalue weighted by molar-refractivity contribution is 5.27. The molecule has 0 amide bonds. The maximum Gasteiger partial charge on any atom is 0.119 e. The third-order valence-corrected chi connectivity index (χ3v) is 4.88. The zero-order valence-electron chi connectivity index (χ0n) is 16.6. The normalized spacial score (nSPS) is 11.0. The number of benzene rings is 1. The van der Waals surface area contributed by atoms with E-state index in [-0.39, 0.29) is 0 Å². The van der Waals surface area contributed by atoms with Crippen LogP contribution in [0.5, 0.6) is 5.75 Å². The van der Waals surface area contributed by atoms with Crippen LogP contribution in [0.25, 0.3) is 0 Å². The van der Waals surface area contributed by atoms with Gasteiger partial charge < -0.3 is 10.5 Å². The lowest BCUT2D eigenvalue weighted by Gasteiger charge is -2.06. The Morgan fingerprint density at radius 1 is 0.680 bits per heavy atom. The lowest BCUT2D eigenvalue weighted by molar-refractivity contribution is 0.328. The van der Waals surface area contributed by atoms with Crippen molar-refractivity contribution in [1.29, 1.82) is 0 Å². The van der Waals surface area contributed by atoms with E-state index in [9.17, 15) is 0 Å². The Labute approximate surface area is 156 Å². The Morgan fingerprint density at radius 3 is 1.64 bits per heavy atom. The van der Waals surface area contributed by atoms with Crippen LogP contribution in [0, 0.1) is 0 Å². The number of aryl methyl sites for hydroxylation is 1. The molecule has 0 spiro atoms. The van der Waals surface area contributed by atoms with Gasteiger partial charge in [-0.15, -0.1) is 0 Å². The van der Waals surface area contributed by atoms with Crippen molar-refractivity contribution in [3.8, 4) is 5.75 Å². The van der Waals surface area contributed by atoms with Crippen LogP contribution < -0.4 is 10.5 Å². The minimum Gasteiger partial charge on any atom is -0.492 e. The summed E-state index contributed by atoms with van der Waals surface area (Å²) in [4.78, 5) is 0. The van der Waals surface area contributed by atoms with Crippen molar-refractivity contribution in [2.45, 2.75) is 96.8 Å². The van der Waals surface area contributed by atoms with Gasteiger partial charge in [-0.2, -0.15) is 0 Å². The second kappa shape index (κ2) is 16.4. The Morgan fingerprint density at radius 2 is 1.16 bits per heavy atom. The molecule has 0 bridgehead atoms. The average molecular weight is 348 g/mol. The fourth-order valence-corrected chi connectivity index (χ4v) is 3.28. The van der Waals surface area contributed by atoms with Crippen LogP contribution in [0.15, 0.2) is 24.3 Å². The van der Waals surface area contributed by atoms with Crippen LogP contribution in [0.3, 0.4) is 0 Å². The SMILES string of the molecule is CCCCCCCCCCCCCCCc1ccc(OCCN)cc1. The van der Waals surface area contributed by atoms with Crippen LogP contribution in [0.4, 0.5) is 0 Å². The molecule has 0 aliphatic heterocycles. The first-order chi connectivity index (χ1) is 12.4. The van der Waals surface area contributed by atoms with Gasteiger partial charge in [0.05, 0.1) is 0 Å². The maximum atomic E-state index is 5.51. The zero-order chi connectivity index (χ0) is 18.0. The molecule has 1 aromatic carbocycles. The topological polar surface area (TPSA) is 35.2 Å². The molecule has 1 rings (SSSR count). The lowest BCUT2D eigenvalue weighted by Crippen LogP contribution is -2.10. The number of unbranched alkanes of at least 4 members (excludes halogenated alkanes) is 12. The van der Waals surface area contributed by atoms with Crippen molar-refractivity contribution in [2.24, 2.45) is 5.73 Å². The molecular formula is C23H41NO. The van der Waals surface area contributed by atoms with Crippen LogP contribution in [-0.2, 0) is 6.42 Å². The highest BCUT2D eigenvalue weighted by Gasteiger charge is 1.97. The lowest BCUT2D eigenvalue weighted by atomic mass is 10.0. The first-order valence-corrected chi connectivity index (χ1v) is 10.8. The molecule has 2 N–H and O–H groups in total. The molecular weight excluding hydrogens is 306 g/mol. The third-order valence-electron chi connectivity index (χ3n) is 4.88. The van der Waals surface area contributed by atoms with E-state index in [0.717, 1.165) is 5.75 Å². The molecule has 1 aromatic rings. The molecule has 25 heavy (non-hydrogen) atoms. The van der Waals surface area contributed by atoms with Crippen molar-refractivity contribution in [1.82, 2.24) is 0 Å². The standard InChI is InChI=1S/C23H41NO/c1-2-3-4-5-6-7-8-9-10-11-12-13-14-15-22-16-18-23(19-17-22)25-21-20-24/h16-19H,2-15,20-21,24H2,1H3. The summed E-state index contributed by atoms with van der Waals surface area (Å²) in [5.74, 6) is 0.930. The van der Waals surface area contributed by atoms with Gasteiger partial charge in [-0.25, -0.2) is 0 Å². The summed E-state index contributed by atoms with van der Waals surface area (Å²) in [6.07, 6.45) is 19.6. The summed E-state index contributed by atoms with van der Waals surface area (Å²) >= 11 is 0. The van der Waals surface area contributed by atoms with E-state index in [1.54, 1.807) is 0 Å². The van der Waals surface area contributed by atoms with Crippen molar-refractivity contribution in [2.75, 3.05) is 13.2 Å². The van der Waals surface area contributed by atoms with Crippen molar-refractivity contribution in [3.05, 3.63) is 29.8 Å². The van der Waals surface area contributed by atoms with E-state index < -0.39 is 0 Å². The minimum absolute atomic E-state index is 0.570. The highest BCUT2D eigenvalue weighted by Crippen LogP contribution is 2.16. The molecule has 0 atom stereocenters. The summed E-state index contributed by atoms with van der Waals surface area (Å²) in [7, 11) is 0. The van der Waals surface area contributed by atoms with Crippen molar-refractivity contribution in [3.63, 3.8) is 0 Å². The molecule has 0 aliphatic carbocycles. The Hall–Kier alpha value is -1.02. The van der Waals surface area contributed by atoms with E-state index in [2.05, 4.69) is 31.2 Å². The third kappa shape index (κ3) is 12.9. The number of nitrogens with two attached hydrogens (primary N) is 1. The Kier molecular flexibility index (Phi) is 14.5. The summed E-state index contributed by atoms with van der Waals surface area (Å²) in [5, 5.41) is 0. The van der Waals surface area contributed by atoms with Crippen LogP contribution in [-0.4, -0.2) is 13.2 Å². The molecule has 0 aliphatic rings. The van der Waals surface area contributed by atoms with Gasteiger partial charge in [0.2, 0.25) is 0 Å². The molecule has 0 radical (unpaired) electrons. The minimum atomic E-state index is 0.570. The largest absolute Gasteiger partial charge is 0.492 e. The first-order valence-electron chi connectivity index (χ1n) is 10.8. The molecule has 144 valence electrons. The van der Waals surface area contributed by atoms with Crippen LogP contribution in [0.1, 0.15) is 96.0 Å². The molecule has 0 heterocycles. The number of rotatable bonds is 17. The van der Waals surface area contributed by atoms with E-state index >= 15 is 0 Å². The predicted octanol–water partition coefficient (Wildman–Crippen LogP) is 6.66. The quantitative estimate of drug-likeness (QED) is 0.320. The zero-order valence-corrected chi connectivity index (χ0v) is 16.6. The molecule has 2 heteroatoms. The smallest absolute Gasteiger partial charge is 0.119 e. The van der Waals surface area contributed by atoms with Gasteiger partial charge in [0.25, 0.3) is 0 Å². The van der Waals surface area contributed by atoms with Crippen molar-refractivity contribution < 1.29 is 4.74 Å². The van der Waals surface area contributed by atoms with Crippen molar-refractivity contribution >= 4 is 0 Å². The first kappa shape index (κ1) is 22.0. The molecule has 0 unspecified atom stereocenters. The summed E-state index contributed by atoms with van der Waals surface area (Å²) in [5.41, 5.74) is 6.86. The molecule has 0 saturated heterocycles. The molecule has 0 fully saturated rings. The van der Waals surface area contributed by atoms with Gasteiger partial charge in [0.15, 0.2) is 0 Å². The molecule has 0 aromatic heterocycles. The Bertz CT molecular complexity index is 388. The highest BCUT2D eigenvalue weighted by atomic mass is 16.5. The molecule has 2 nitrogen and oxygen atoms in total. The average Bonchev–Trinajstić information content (AvgIpc) is 2.65. The van der Waals surface area contributed by atoms with Gasteiger partial charge in [0, 0.05) is 6.54 Å². The number of hydrogen-bond acceptors (Lipinski definition) is 2. The van der Waals surface area contributed by atoms with E-state index in [4.69, 9.17) is 10.5 Å². The van der Waals surface area contributed by atoms with Gasteiger partial charge in [-0.1, -0.05) is 96.1 Å². The number of ether oxygens (including phenoxy) is 1. The predicted molar refractivity (Wildman–Crippen MR) is 110 cm³/mol. The fraction of sp³-hybridized carbons (Fsp3) is 0.739. The van der Waals surface area contributed by atoms with E-state index in [1.165, 1.54) is 95.5 Å². The van der Waals surface area contributed by atoms with Gasteiger partial charge in [-0.3, -0.25) is 0 Å². The van der Waals surface area contributed by atoms with Gasteiger partial charge in [0.1, 0.15) is 12.4 Å². The van der Waals surface area contributed by atoms with Gasteiger partial charge >= 0.3 is 0 Å². The summed E-state index contributed by atoms with van der Waals surface area (Å²) in [6.45, 7) is 3.45. The Balaban J connectivity index is 1.87. The second-order valence-corrected chi connectivity index (χ2v) is 7.27. The van der Waals surface area contributed by atoms with E-state index in [0.29, 0.717) is 13.2 Å².